The van der Waals surface area contributed by atoms with E-state index >= 15 is 0 Å². The molecule has 1 aliphatic heterocycles. The molecule has 29 heavy (non-hydrogen) atoms. The molecule has 0 saturated heterocycles. The molecule has 0 spiro atoms. The molecule has 1 aromatic carbocycles. The van der Waals surface area contributed by atoms with Gasteiger partial charge in [0.25, 0.3) is 0 Å². The largest absolute Gasteiger partial charge is 0.534 e. The van der Waals surface area contributed by atoms with E-state index in [0.29, 0.717) is 5.75 Å². The summed E-state index contributed by atoms with van der Waals surface area (Å²) < 4.78 is 78.5. The predicted molar refractivity (Wildman–Crippen MR) is 99.8 cm³/mol. The zero-order valence-corrected chi connectivity index (χ0v) is 16.9. The topological polar surface area (TPSA) is 74.7 Å². The minimum atomic E-state index is -5.96. The Hall–Kier alpha value is -2.46. The lowest BCUT2D eigenvalue weighted by Crippen LogP contribution is -2.35. The first-order chi connectivity index (χ1) is 13.4. The standard InChI is InChI=1S/C18H15ClF3NO5S/c1-17(2)15(11-6-7-23-9-13(11)19)16(28-29(24,25)18(20,21)22)12-5-4-10(26-3)8-14(12)27-17/h4-9H,1-3H3. The molecule has 156 valence electrons. The van der Waals surface area contributed by atoms with Crippen LogP contribution in [0.2, 0.25) is 5.02 Å². The molecule has 3 rings (SSSR count). The van der Waals surface area contributed by atoms with Crippen molar-refractivity contribution >= 4 is 33.1 Å². The monoisotopic (exact) mass is 449 g/mol. The molecule has 0 N–H and O–H groups in total. The van der Waals surface area contributed by atoms with Gasteiger partial charge in [0.2, 0.25) is 0 Å². The summed E-state index contributed by atoms with van der Waals surface area (Å²) in [5, 5.41) is 0.0849. The molecular formula is C18H15ClF3NO5S. The molecule has 0 radical (unpaired) electrons. The molecule has 0 atom stereocenters. The van der Waals surface area contributed by atoms with E-state index in [1.54, 1.807) is 13.8 Å². The van der Waals surface area contributed by atoms with Crippen LogP contribution in [0, 0.1) is 0 Å². The van der Waals surface area contributed by atoms with Crippen LogP contribution in [-0.4, -0.2) is 31.6 Å². The smallest absolute Gasteiger partial charge is 0.497 e. The maximum Gasteiger partial charge on any atom is 0.534 e. The molecule has 1 aliphatic rings. The van der Waals surface area contributed by atoms with Gasteiger partial charge >= 0.3 is 15.6 Å². The Morgan fingerprint density at radius 2 is 1.86 bits per heavy atom. The van der Waals surface area contributed by atoms with E-state index in [2.05, 4.69) is 9.17 Å². The van der Waals surface area contributed by atoms with Gasteiger partial charge in [0.1, 0.15) is 17.1 Å². The molecule has 0 aliphatic carbocycles. The predicted octanol–water partition coefficient (Wildman–Crippen LogP) is 4.65. The van der Waals surface area contributed by atoms with Gasteiger partial charge in [-0.25, -0.2) is 0 Å². The second-order valence-corrected chi connectivity index (χ2v) is 8.46. The maximum absolute atomic E-state index is 13.1. The fourth-order valence-corrected chi connectivity index (χ4v) is 3.60. The molecule has 2 heterocycles. The summed E-state index contributed by atoms with van der Waals surface area (Å²) >= 11 is 6.19. The quantitative estimate of drug-likeness (QED) is 0.499. The van der Waals surface area contributed by atoms with Gasteiger partial charge in [-0.05, 0) is 32.0 Å². The number of alkyl halides is 3. The zero-order chi connectivity index (χ0) is 21.6. The highest BCUT2D eigenvalue weighted by atomic mass is 35.5. The molecular weight excluding hydrogens is 435 g/mol. The van der Waals surface area contributed by atoms with Gasteiger partial charge in [-0.1, -0.05) is 11.6 Å². The van der Waals surface area contributed by atoms with Crippen LogP contribution in [0.25, 0.3) is 11.3 Å². The fourth-order valence-electron chi connectivity index (χ4n) is 2.90. The Bertz CT molecular complexity index is 1100. The molecule has 0 unspecified atom stereocenters. The third-order valence-corrected chi connectivity index (χ3v) is 5.40. The highest BCUT2D eigenvalue weighted by Crippen LogP contribution is 2.49. The number of ether oxygens (including phenoxy) is 2. The van der Waals surface area contributed by atoms with E-state index in [-0.39, 0.29) is 27.5 Å². The van der Waals surface area contributed by atoms with Crippen molar-refractivity contribution in [3.8, 4) is 11.5 Å². The van der Waals surface area contributed by atoms with Gasteiger partial charge in [0.15, 0.2) is 5.76 Å². The second kappa shape index (κ2) is 7.10. The Balaban J connectivity index is 2.36. The van der Waals surface area contributed by atoms with Gasteiger partial charge < -0.3 is 13.7 Å². The average Bonchev–Trinajstić information content (AvgIpc) is 2.60. The van der Waals surface area contributed by atoms with E-state index in [9.17, 15) is 21.6 Å². The van der Waals surface area contributed by atoms with Gasteiger partial charge in [-0.3, -0.25) is 4.98 Å². The Morgan fingerprint density at radius 3 is 2.45 bits per heavy atom. The van der Waals surface area contributed by atoms with Crippen molar-refractivity contribution in [2.75, 3.05) is 7.11 Å². The number of hydrogen-bond donors (Lipinski definition) is 0. The third-order valence-electron chi connectivity index (χ3n) is 4.15. The van der Waals surface area contributed by atoms with Crippen LogP contribution in [0.1, 0.15) is 25.0 Å². The van der Waals surface area contributed by atoms with Crippen molar-refractivity contribution in [3.05, 3.63) is 52.8 Å². The van der Waals surface area contributed by atoms with Crippen molar-refractivity contribution in [3.63, 3.8) is 0 Å². The van der Waals surface area contributed by atoms with E-state index < -0.39 is 27.0 Å². The summed E-state index contributed by atoms with van der Waals surface area (Å²) in [5.74, 6) is -0.0806. The average molecular weight is 450 g/mol. The first kappa shape index (κ1) is 21.3. The SMILES string of the molecule is COc1ccc2c(c1)OC(C)(C)C(c1ccncc1Cl)=C2OS(=O)(=O)C(F)(F)F. The van der Waals surface area contributed by atoms with E-state index in [4.69, 9.17) is 21.1 Å². The van der Waals surface area contributed by atoms with Gasteiger partial charge in [0, 0.05) is 29.6 Å². The Kier molecular flexibility index (Phi) is 5.20. The molecule has 6 nitrogen and oxygen atoms in total. The first-order valence-electron chi connectivity index (χ1n) is 8.10. The van der Waals surface area contributed by atoms with Crippen LogP contribution in [0.15, 0.2) is 36.7 Å². The van der Waals surface area contributed by atoms with E-state index in [1.165, 1.54) is 43.8 Å². The van der Waals surface area contributed by atoms with Crippen LogP contribution in [-0.2, 0) is 14.3 Å². The van der Waals surface area contributed by atoms with E-state index in [1.807, 2.05) is 0 Å². The number of rotatable bonds is 4. The lowest BCUT2D eigenvalue weighted by molar-refractivity contribution is -0.0510. The summed E-state index contributed by atoms with van der Waals surface area (Å²) in [5.41, 5.74) is -6.68. The number of fused-ring (bicyclic) bond motifs is 1. The highest BCUT2D eigenvalue weighted by Gasteiger charge is 2.51. The highest BCUT2D eigenvalue weighted by molar-refractivity contribution is 7.87. The van der Waals surface area contributed by atoms with Crippen molar-refractivity contribution < 1.29 is 35.2 Å². The summed E-state index contributed by atoms with van der Waals surface area (Å²) in [7, 11) is -4.56. The van der Waals surface area contributed by atoms with Crippen LogP contribution in [0.4, 0.5) is 13.2 Å². The molecule has 1 aromatic heterocycles. The number of benzene rings is 1. The van der Waals surface area contributed by atoms with Crippen molar-refractivity contribution in [1.82, 2.24) is 4.98 Å². The minimum absolute atomic E-state index is 0.000768. The maximum atomic E-state index is 13.1. The summed E-state index contributed by atoms with van der Waals surface area (Å²) in [6, 6.07) is 5.64. The molecule has 2 aromatic rings. The molecule has 0 fully saturated rings. The first-order valence-corrected chi connectivity index (χ1v) is 9.89. The summed E-state index contributed by atoms with van der Waals surface area (Å²) in [6.45, 7) is 3.09. The third kappa shape index (κ3) is 3.86. The van der Waals surface area contributed by atoms with Crippen LogP contribution >= 0.6 is 11.6 Å². The molecule has 0 saturated carbocycles. The summed E-state index contributed by atoms with van der Waals surface area (Å²) in [4.78, 5) is 3.84. The molecule has 0 amide bonds. The molecule has 0 bridgehead atoms. The lowest BCUT2D eigenvalue weighted by Gasteiger charge is -2.36. The van der Waals surface area contributed by atoms with Gasteiger partial charge in [-0.2, -0.15) is 21.6 Å². The number of pyridine rings is 1. The summed E-state index contributed by atoms with van der Waals surface area (Å²) in [6.07, 6.45) is 2.64. The van der Waals surface area contributed by atoms with E-state index in [0.717, 1.165) is 0 Å². The van der Waals surface area contributed by atoms with Crippen molar-refractivity contribution in [2.24, 2.45) is 0 Å². The zero-order valence-electron chi connectivity index (χ0n) is 15.4. The fraction of sp³-hybridized carbons (Fsp3) is 0.278. The normalized spacial score (nSPS) is 16.1. The second-order valence-electron chi connectivity index (χ2n) is 6.52. The lowest BCUT2D eigenvalue weighted by atomic mass is 9.86. The number of hydrogen-bond acceptors (Lipinski definition) is 6. The van der Waals surface area contributed by atoms with Crippen LogP contribution < -0.4 is 9.47 Å². The van der Waals surface area contributed by atoms with Crippen LogP contribution in [0.5, 0.6) is 11.5 Å². The van der Waals surface area contributed by atoms with Crippen LogP contribution in [0.3, 0.4) is 0 Å². The van der Waals surface area contributed by atoms with Gasteiger partial charge in [-0.15, -0.1) is 0 Å². The number of nitrogens with zero attached hydrogens (tertiary/aromatic N) is 1. The Labute approximate surface area is 170 Å². The van der Waals surface area contributed by atoms with Crippen molar-refractivity contribution in [1.29, 1.82) is 0 Å². The molecule has 11 heteroatoms. The number of aromatic nitrogens is 1. The number of methoxy groups -OCH3 is 1. The van der Waals surface area contributed by atoms with Crippen molar-refractivity contribution in [2.45, 2.75) is 25.0 Å². The van der Waals surface area contributed by atoms with Gasteiger partial charge in [0.05, 0.1) is 17.7 Å². The minimum Gasteiger partial charge on any atom is -0.497 e. The Morgan fingerprint density at radius 1 is 1.17 bits per heavy atom. The number of halogens is 4.